The van der Waals surface area contributed by atoms with Gasteiger partial charge in [0, 0.05) is 12.3 Å². The van der Waals surface area contributed by atoms with E-state index in [0.717, 1.165) is 24.9 Å². The molecule has 0 radical (unpaired) electrons. The van der Waals surface area contributed by atoms with Crippen LogP contribution in [0.25, 0.3) is 0 Å². The number of ether oxygens (including phenoxy) is 2. The third-order valence-electron chi connectivity index (χ3n) is 8.61. The Bertz CT molecular complexity index is 586. The number of esters is 1. The van der Waals surface area contributed by atoms with Gasteiger partial charge in [0.1, 0.15) is 6.10 Å². The molecule has 1 aliphatic heterocycles. The highest BCUT2D eigenvalue weighted by Crippen LogP contribution is 2.67. The van der Waals surface area contributed by atoms with Crippen LogP contribution in [0.4, 0.5) is 0 Å². The molecule has 4 fully saturated rings. The fraction of sp³-hybridized carbons (Fsp3) is 0.864. The second-order valence-electron chi connectivity index (χ2n) is 10.2. The van der Waals surface area contributed by atoms with E-state index in [1.807, 2.05) is 0 Å². The lowest BCUT2D eigenvalue weighted by Crippen LogP contribution is -2.60. The zero-order valence-corrected chi connectivity index (χ0v) is 16.3. The molecule has 0 aromatic heterocycles. The highest BCUT2D eigenvalue weighted by Gasteiger charge is 2.67. The Morgan fingerprint density at radius 2 is 1.92 bits per heavy atom. The molecule has 0 aromatic carbocycles. The molecule has 2 bridgehead atoms. The van der Waals surface area contributed by atoms with Crippen LogP contribution in [0, 0.1) is 34.0 Å². The normalized spacial score (nSPS) is 54.3. The van der Waals surface area contributed by atoms with E-state index in [2.05, 4.69) is 33.4 Å². The Morgan fingerprint density at radius 3 is 2.60 bits per heavy atom. The number of carbonyl (C=O) groups excluding carboxylic acids is 1. The van der Waals surface area contributed by atoms with Gasteiger partial charge in [0.2, 0.25) is 0 Å². The van der Waals surface area contributed by atoms with Gasteiger partial charge in [-0.1, -0.05) is 26.8 Å². The van der Waals surface area contributed by atoms with Crippen molar-refractivity contribution in [1.29, 1.82) is 0 Å². The number of fused-ring (bicyclic) bond motifs is 6. The maximum Gasteiger partial charge on any atom is 0.303 e. The number of hydrogen-bond donors (Lipinski definition) is 0. The summed E-state index contributed by atoms with van der Waals surface area (Å²) < 4.78 is 12.0. The zero-order valence-electron chi connectivity index (χ0n) is 16.3. The number of allylic oxidation sites excluding steroid dienone is 1. The van der Waals surface area contributed by atoms with Crippen molar-refractivity contribution in [2.75, 3.05) is 6.61 Å². The number of hydrogen-bond acceptors (Lipinski definition) is 3. The van der Waals surface area contributed by atoms with E-state index in [4.69, 9.17) is 9.47 Å². The summed E-state index contributed by atoms with van der Waals surface area (Å²) in [5.74, 6) is 2.02. The smallest absolute Gasteiger partial charge is 0.303 e. The predicted molar refractivity (Wildman–Crippen MR) is 98.0 cm³/mol. The molecule has 0 N–H and O–H groups in total. The van der Waals surface area contributed by atoms with E-state index < -0.39 is 0 Å². The Hall–Kier alpha value is -0.830. The third kappa shape index (κ3) is 2.44. The zero-order chi connectivity index (χ0) is 18.0. The van der Waals surface area contributed by atoms with E-state index in [1.165, 1.54) is 39.0 Å². The molecule has 3 nitrogen and oxygen atoms in total. The lowest BCUT2D eigenvalue weighted by molar-refractivity contribution is -0.185. The van der Waals surface area contributed by atoms with Crippen molar-refractivity contribution in [1.82, 2.24) is 0 Å². The van der Waals surface area contributed by atoms with Crippen molar-refractivity contribution >= 4 is 5.97 Å². The van der Waals surface area contributed by atoms with E-state index >= 15 is 0 Å². The average Bonchev–Trinajstić information content (AvgIpc) is 2.77. The summed E-state index contributed by atoms with van der Waals surface area (Å²) in [5, 5.41) is 0. The molecule has 3 aliphatic carbocycles. The number of rotatable bonds is 2. The van der Waals surface area contributed by atoms with Gasteiger partial charge in [0.05, 0.1) is 12.7 Å². The van der Waals surface area contributed by atoms with Crippen LogP contribution in [0.2, 0.25) is 0 Å². The van der Waals surface area contributed by atoms with Crippen LogP contribution in [0.1, 0.15) is 66.2 Å². The summed E-state index contributed by atoms with van der Waals surface area (Å²) >= 11 is 0. The summed E-state index contributed by atoms with van der Waals surface area (Å²) in [4.78, 5) is 11.7. The molecule has 1 saturated heterocycles. The van der Waals surface area contributed by atoms with E-state index in [9.17, 15) is 4.79 Å². The molecule has 4 aliphatic rings. The Balaban J connectivity index is 1.64. The molecule has 1 heterocycles. The van der Waals surface area contributed by atoms with Crippen molar-refractivity contribution < 1.29 is 14.3 Å². The fourth-order valence-electron chi connectivity index (χ4n) is 7.43. The Kier molecular flexibility index (Phi) is 3.92. The van der Waals surface area contributed by atoms with Gasteiger partial charge in [0.15, 0.2) is 0 Å². The van der Waals surface area contributed by atoms with Crippen LogP contribution >= 0.6 is 0 Å². The standard InChI is InChI=1S/C22H34O3/c1-6-20(3)10-9-16-15(11-20)7-8-18-21(16,4)12-17-19(25-14(2)23)22(18,5)13-24-17/h6,15-19H,1,7-13H2,2-5H3. The molecule has 140 valence electrons. The second kappa shape index (κ2) is 5.58. The van der Waals surface area contributed by atoms with Crippen LogP contribution in [0.3, 0.4) is 0 Å². The predicted octanol–water partition coefficient (Wildman–Crippen LogP) is 4.75. The highest BCUT2D eigenvalue weighted by molar-refractivity contribution is 5.66. The minimum absolute atomic E-state index is 0.0203. The fourth-order valence-corrected chi connectivity index (χ4v) is 7.43. The van der Waals surface area contributed by atoms with Crippen LogP contribution in [-0.4, -0.2) is 24.8 Å². The van der Waals surface area contributed by atoms with Crippen molar-refractivity contribution in [3.63, 3.8) is 0 Å². The van der Waals surface area contributed by atoms with Gasteiger partial charge >= 0.3 is 5.97 Å². The van der Waals surface area contributed by atoms with Crippen molar-refractivity contribution in [3.05, 3.63) is 12.7 Å². The second-order valence-corrected chi connectivity index (χ2v) is 10.2. The monoisotopic (exact) mass is 346 g/mol. The maximum absolute atomic E-state index is 11.7. The van der Waals surface area contributed by atoms with E-state index in [0.29, 0.717) is 16.7 Å². The van der Waals surface area contributed by atoms with Gasteiger partial charge in [-0.05, 0) is 67.1 Å². The first kappa shape index (κ1) is 17.6. The molecule has 3 heteroatoms. The quantitative estimate of drug-likeness (QED) is 0.534. The topological polar surface area (TPSA) is 35.5 Å². The van der Waals surface area contributed by atoms with Gasteiger partial charge in [-0.3, -0.25) is 4.79 Å². The molecule has 8 atom stereocenters. The first-order valence-electron chi connectivity index (χ1n) is 10.1. The molecule has 0 amide bonds. The highest BCUT2D eigenvalue weighted by atomic mass is 16.6. The Labute approximate surface area is 152 Å². The molecule has 0 spiro atoms. The lowest BCUT2D eigenvalue weighted by Gasteiger charge is -2.62. The van der Waals surface area contributed by atoms with Gasteiger partial charge in [-0.2, -0.15) is 0 Å². The van der Waals surface area contributed by atoms with Gasteiger partial charge < -0.3 is 9.47 Å². The van der Waals surface area contributed by atoms with E-state index in [1.54, 1.807) is 0 Å². The average molecular weight is 347 g/mol. The molecule has 8 unspecified atom stereocenters. The van der Waals surface area contributed by atoms with Gasteiger partial charge in [0.25, 0.3) is 0 Å². The van der Waals surface area contributed by atoms with Crippen molar-refractivity contribution in [2.45, 2.75) is 78.4 Å². The summed E-state index contributed by atoms with van der Waals surface area (Å²) in [6.45, 7) is 13.6. The first-order chi connectivity index (χ1) is 11.7. The minimum Gasteiger partial charge on any atom is -0.459 e. The number of carbonyl (C=O) groups is 1. The SMILES string of the molecule is C=CC1(C)CCC2C(CCC3C2(C)CC2OCC3(C)C2OC(C)=O)C1. The van der Waals surface area contributed by atoms with Crippen LogP contribution in [-0.2, 0) is 14.3 Å². The van der Waals surface area contributed by atoms with E-state index in [-0.39, 0.29) is 23.6 Å². The van der Waals surface area contributed by atoms with Crippen LogP contribution < -0.4 is 0 Å². The summed E-state index contributed by atoms with van der Waals surface area (Å²) in [7, 11) is 0. The summed E-state index contributed by atoms with van der Waals surface area (Å²) in [6.07, 6.45) is 9.69. The molecule has 4 rings (SSSR count). The largest absolute Gasteiger partial charge is 0.459 e. The van der Waals surface area contributed by atoms with Crippen molar-refractivity contribution in [2.24, 2.45) is 34.0 Å². The van der Waals surface area contributed by atoms with Crippen molar-refractivity contribution in [3.8, 4) is 0 Å². The summed E-state index contributed by atoms with van der Waals surface area (Å²) in [5.41, 5.74) is 0.615. The molecule has 0 aromatic rings. The van der Waals surface area contributed by atoms with Crippen LogP contribution in [0.5, 0.6) is 0 Å². The Morgan fingerprint density at radius 1 is 1.16 bits per heavy atom. The van der Waals surface area contributed by atoms with Crippen LogP contribution in [0.15, 0.2) is 12.7 Å². The van der Waals surface area contributed by atoms with Gasteiger partial charge in [-0.15, -0.1) is 6.58 Å². The summed E-state index contributed by atoms with van der Waals surface area (Å²) in [6, 6.07) is 0. The molecule has 25 heavy (non-hydrogen) atoms. The van der Waals surface area contributed by atoms with Gasteiger partial charge in [-0.25, -0.2) is 0 Å². The molecule has 3 saturated carbocycles. The molecular weight excluding hydrogens is 312 g/mol. The lowest BCUT2D eigenvalue weighted by atomic mass is 9.43. The molecular formula is C22H34O3. The maximum atomic E-state index is 11.7. The first-order valence-corrected chi connectivity index (χ1v) is 10.1. The minimum atomic E-state index is -0.163. The third-order valence-corrected chi connectivity index (χ3v) is 8.61.